The first-order chi connectivity index (χ1) is 10.8. The molecule has 0 fully saturated rings. The van der Waals surface area contributed by atoms with Crippen molar-refractivity contribution in [3.05, 3.63) is 41.7 Å². The van der Waals surface area contributed by atoms with Gasteiger partial charge in [0.2, 0.25) is 5.91 Å². The van der Waals surface area contributed by atoms with Crippen molar-refractivity contribution in [1.29, 1.82) is 0 Å². The van der Waals surface area contributed by atoms with Crippen molar-refractivity contribution in [2.75, 3.05) is 18.5 Å². The normalized spacial score (nSPS) is 16.9. The lowest BCUT2D eigenvalue weighted by Gasteiger charge is -2.21. The van der Waals surface area contributed by atoms with E-state index in [0.717, 1.165) is 42.0 Å². The summed E-state index contributed by atoms with van der Waals surface area (Å²) in [5.74, 6) is 0.810. The molecule has 1 aromatic carbocycles. The van der Waals surface area contributed by atoms with Crippen LogP contribution in [0.4, 0.5) is 5.69 Å². The molecular weight excluding hydrogens is 280 g/mol. The molecule has 22 heavy (non-hydrogen) atoms. The second kappa shape index (κ2) is 6.62. The SMILES string of the molecule is NCCOc1ccc(NC(=O)C2CCc3[nH]ncc3C2)cc1. The molecule has 1 heterocycles. The molecule has 116 valence electrons. The van der Waals surface area contributed by atoms with Gasteiger partial charge >= 0.3 is 0 Å². The molecule has 1 aliphatic rings. The van der Waals surface area contributed by atoms with Gasteiger partial charge in [-0.15, -0.1) is 0 Å². The zero-order valence-electron chi connectivity index (χ0n) is 12.3. The number of H-pyrrole nitrogens is 1. The third-order valence-corrected chi connectivity index (χ3v) is 3.90. The largest absolute Gasteiger partial charge is 0.492 e. The van der Waals surface area contributed by atoms with E-state index in [1.165, 1.54) is 0 Å². The van der Waals surface area contributed by atoms with Crippen LogP contribution in [0, 0.1) is 5.92 Å². The molecule has 1 aliphatic carbocycles. The predicted molar refractivity (Wildman–Crippen MR) is 83.7 cm³/mol. The Kier molecular flexibility index (Phi) is 4.39. The monoisotopic (exact) mass is 300 g/mol. The summed E-state index contributed by atoms with van der Waals surface area (Å²) >= 11 is 0. The number of carbonyl (C=O) groups excluding carboxylic acids is 1. The Morgan fingerprint density at radius 3 is 3.00 bits per heavy atom. The van der Waals surface area contributed by atoms with Crippen molar-refractivity contribution in [1.82, 2.24) is 10.2 Å². The molecule has 0 saturated carbocycles. The zero-order valence-corrected chi connectivity index (χ0v) is 12.3. The Morgan fingerprint density at radius 2 is 2.23 bits per heavy atom. The number of aromatic nitrogens is 2. The number of hydrogen-bond donors (Lipinski definition) is 3. The molecule has 3 rings (SSSR count). The van der Waals surface area contributed by atoms with Crippen LogP contribution in [-0.2, 0) is 17.6 Å². The van der Waals surface area contributed by atoms with Crippen molar-refractivity contribution in [3.8, 4) is 5.75 Å². The van der Waals surface area contributed by atoms with Gasteiger partial charge in [0.15, 0.2) is 0 Å². The fourth-order valence-electron chi connectivity index (χ4n) is 2.70. The third-order valence-electron chi connectivity index (χ3n) is 3.90. The Hall–Kier alpha value is -2.34. The van der Waals surface area contributed by atoms with Gasteiger partial charge in [-0.25, -0.2) is 0 Å². The fraction of sp³-hybridized carbons (Fsp3) is 0.375. The number of fused-ring (bicyclic) bond motifs is 1. The van der Waals surface area contributed by atoms with Crippen molar-refractivity contribution in [2.24, 2.45) is 11.7 Å². The minimum Gasteiger partial charge on any atom is -0.492 e. The lowest BCUT2D eigenvalue weighted by molar-refractivity contribution is -0.120. The predicted octanol–water partition coefficient (Wildman–Crippen LogP) is 1.49. The fourth-order valence-corrected chi connectivity index (χ4v) is 2.70. The quantitative estimate of drug-likeness (QED) is 0.780. The van der Waals surface area contributed by atoms with E-state index >= 15 is 0 Å². The minimum absolute atomic E-state index is 0.00160. The van der Waals surface area contributed by atoms with Crippen molar-refractivity contribution in [3.63, 3.8) is 0 Å². The molecule has 4 N–H and O–H groups in total. The first-order valence-corrected chi connectivity index (χ1v) is 7.51. The summed E-state index contributed by atoms with van der Waals surface area (Å²) in [4.78, 5) is 12.4. The smallest absolute Gasteiger partial charge is 0.227 e. The lowest BCUT2D eigenvalue weighted by atomic mass is 9.87. The number of rotatable bonds is 5. The molecule has 1 atom stereocenters. The van der Waals surface area contributed by atoms with Crippen LogP contribution in [0.15, 0.2) is 30.5 Å². The van der Waals surface area contributed by atoms with Gasteiger partial charge in [-0.3, -0.25) is 9.89 Å². The Balaban J connectivity index is 1.58. The van der Waals surface area contributed by atoms with E-state index in [0.29, 0.717) is 13.2 Å². The van der Waals surface area contributed by atoms with Gasteiger partial charge in [0.05, 0.1) is 6.20 Å². The van der Waals surface area contributed by atoms with Gasteiger partial charge in [-0.2, -0.15) is 5.10 Å². The highest BCUT2D eigenvalue weighted by molar-refractivity contribution is 5.92. The van der Waals surface area contributed by atoms with Gasteiger partial charge < -0.3 is 15.8 Å². The summed E-state index contributed by atoms with van der Waals surface area (Å²) in [7, 11) is 0. The highest BCUT2D eigenvalue weighted by atomic mass is 16.5. The lowest BCUT2D eigenvalue weighted by Crippen LogP contribution is -2.27. The Bertz CT molecular complexity index is 636. The second-order valence-corrected chi connectivity index (χ2v) is 5.46. The van der Waals surface area contributed by atoms with Crippen LogP contribution in [0.3, 0.4) is 0 Å². The maximum Gasteiger partial charge on any atom is 0.227 e. The van der Waals surface area contributed by atoms with Crippen LogP contribution >= 0.6 is 0 Å². The van der Waals surface area contributed by atoms with Crippen molar-refractivity contribution >= 4 is 11.6 Å². The molecule has 0 saturated heterocycles. The van der Waals surface area contributed by atoms with Gasteiger partial charge in [0, 0.05) is 23.8 Å². The van der Waals surface area contributed by atoms with E-state index in [2.05, 4.69) is 15.5 Å². The molecule has 0 aliphatic heterocycles. The van der Waals surface area contributed by atoms with Crippen LogP contribution in [0.2, 0.25) is 0 Å². The number of nitrogens with zero attached hydrogens (tertiary/aromatic N) is 1. The summed E-state index contributed by atoms with van der Waals surface area (Å²) in [5.41, 5.74) is 8.48. The van der Waals surface area contributed by atoms with E-state index in [1.54, 1.807) is 0 Å². The number of ether oxygens (including phenoxy) is 1. The van der Waals surface area contributed by atoms with Crippen LogP contribution in [0.25, 0.3) is 0 Å². The summed E-state index contributed by atoms with van der Waals surface area (Å²) < 4.78 is 5.41. The molecule has 6 heteroatoms. The second-order valence-electron chi connectivity index (χ2n) is 5.46. The van der Waals surface area contributed by atoms with Crippen molar-refractivity contribution in [2.45, 2.75) is 19.3 Å². The van der Waals surface area contributed by atoms with E-state index in [-0.39, 0.29) is 11.8 Å². The molecule has 0 radical (unpaired) electrons. The van der Waals surface area contributed by atoms with Gasteiger partial charge in [-0.1, -0.05) is 0 Å². The highest BCUT2D eigenvalue weighted by Crippen LogP contribution is 2.25. The van der Waals surface area contributed by atoms with Crippen LogP contribution < -0.4 is 15.8 Å². The molecule has 1 unspecified atom stereocenters. The van der Waals surface area contributed by atoms with Crippen LogP contribution in [-0.4, -0.2) is 29.3 Å². The summed E-state index contributed by atoms with van der Waals surface area (Å²) in [6.07, 6.45) is 4.28. The average Bonchev–Trinajstić information content (AvgIpc) is 3.01. The third kappa shape index (κ3) is 3.28. The number of carbonyl (C=O) groups is 1. The Labute approximate surface area is 129 Å². The van der Waals surface area contributed by atoms with Gasteiger partial charge in [-0.05, 0) is 49.1 Å². The van der Waals surface area contributed by atoms with E-state index in [4.69, 9.17) is 10.5 Å². The van der Waals surface area contributed by atoms with E-state index in [1.807, 2.05) is 30.5 Å². The maximum atomic E-state index is 12.4. The summed E-state index contributed by atoms with van der Waals surface area (Å²) in [6.45, 7) is 0.969. The van der Waals surface area contributed by atoms with Gasteiger partial charge in [0.1, 0.15) is 12.4 Å². The standard InChI is InChI=1S/C16H20N4O2/c17-7-8-22-14-4-2-13(3-5-14)19-16(21)11-1-6-15-12(9-11)10-18-20-15/h2-5,10-11H,1,6-9,17H2,(H,18,20)(H,19,21). The van der Waals surface area contributed by atoms with Crippen LogP contribution in [0.1, 0.15) is 17.7 Å². The number of hydrogen-bond acceptors (Lipinski definition) is 4. The molecule has 6 nitrogen and oxygen atoms in total. The first-order valence-electron chi connectivity index (χ1n) is 7.51. The summed E-state index contributed by atoms with van der Waals surface area (Å²) in [6, 6.07) is 7.35. The summed E-state index contributed by atoms with van der Waals surface area (Å²) in [5, 5.41) is 9.99. The van der Waals surface area contributed by atoms with Gasteiger partial charge in [0.25, 0.3) is 0 Å². The Morgan fingerprint density at radius 1 is 1.41 bits per heavy atom. The van der Waals surface area contributed by atoms with Crippen molar-refractivity contribution < 1.29 is 9.53 Å². The topological polar surface area (TPSA) is 93.0 Å². The molecule has 0 bridgehead atoms. The minimum atomic E-state index is -0.00160. The molecule has 2 aromatic rings. The number of nitrogens with two attached hydrogens (primary N) is 1. The first kappa shape index (κ1) is 14.6. The average molecular weight is 300 g/mol. The highest BCUT2D eigenvalue weighted by Gasteiger charge is 2.25. The van der Waals surface area contributed by atoms with E-state index < -0.39 is 0 Å². The number of nitrogens with one attached hydrogen (secondary N) is 2. The van der Waals surface area contributed by atoms with E-state index in [9.17, 15) is 4.79 Å². The number of anilines is 1. The zero-order chi connectivity index (χ0) is 15.4. The number of benzene rings is 1. The number of aryl methyl sites for hydroxylation is 1. The number of aromatic amines is 1. The molecular formula is C16H20N4O2. The number of amides is 1. The molecule has 0 spiro atoms. The molecule has 1 amide bonds. The maximum absolute atomic E-state index is 12.4. The molecule has 1 aromatic heterocycles. The van der Waals surface area contributed by atoms with Crippen LogP contribution in [0.5, 0.6) is 5.75 Å².